The van der Waals surface area contributed by atoms with Crippen molar-refractivity contribution in [3.05, 3.63) is 53.4 Å². The minimum absolute atomic E-state index is 0.0254. The molecule has 3 N–H and O–H groups in total. The normalized spacial score (nSPS) is 19.0. The lowest BCUT2D eigenvalue weighted by atomic mass is 9.93. The summed E-state index contributed by atoms with van der Waals surface area (Å²) in [7, 11) is 0. The number of aromatic nitrogens is 1. The Morgan fingerprint density at radius 2 is 1.77 bits per heavy atom. The predicted molar refractivity (Wildman–Crippen MR) is 159 cm³/mol. The van der Waals surface area contributed by atoms with E-state index in [2.05, 4.69) is 45.1 Å². The van der Waals surface area contributed by atoms with Crippen LogP contribution >= 0.6 is 0 Å². The number of carbonyl (C=O) groups is 4. The maximum atomic E-state index is 12.7. The van der Waals surface area contributed by atoms with Crippen molar-refractivity contribution in [1.82, 2.24) is 26.0 Å². The SMILES string of the molecule is CC(C)C[C@H](NC(=O)CNC(=O)[C@H](CC#N)NC(=O)c1cc(CN2CCOCC2)on1)C(=O)[C@@]1(C)CO1.Cc1ccccc1. The Kier molecular flexibility index (Phi) is 13.0. The molecule has 2 aliphatic heterocycles. The van der Waals surface area contributed by atoms with Crippen molar-refractivity contribution in [2.24, 2.45) is 5.92 Å². The van der Waals surface area contributed by atoms with Gasteiger partial charge < -0.3 is 29.9 Å². The van der Waals surface area contributed by atoms with E-state index in [1.165, 1.54) is 11.6 Å². The third kappa shape index (κ3) is 11.2. The van der Waals surface area contributed by atoms with Crippen molar-refractivity contribution >= 4 is 23.5 Å². The number of nitrogens with zero attached hydrogens (tertiary/aromatic N) is 3. The van der Waals surface area contributed by atoms with E-state index in [-0.39, 0.29) is 23.8 Å². The maximum Gasteiger partial charge on any atom is 0.274 e. The van der Waals surface area contributed by atoms with E-state index in [0.717, 1.165) is 13.1 Å². The minimum Gasteiger partial charge on any atom is -0.379 e. The first-order valence-electron chi connectivity index (χ1n) is 14.7. The highest BCUT2D eigenvalue weighted by Gasteiger charge is 2.50. The van der Waals surface area contributed by atoms with E-state index in [1.807, 2.05) is 38.1 Å². The highest BCUT2D eigenvalue weighted by atomic mass is 16.6. The maximum absolute atomic E-state index is 12.7. The van der Waals surface area contributed by atoms with Gasteiger partial charge in [-0.25, -0.2) is 0 Å². The van der Waals surface area contributed by atoms with Gasteiger partial charge in [0.05, 0.1) is 51.4 Å². The molecule has 0 aliphatic carbocycles. The molecule has 1 aromatic carbocycles. The number of hydrogen-bond donors (Lipinski definition) is 3. The van der Waals surface area contributed by atoms with Crippen LogP contribution in [-0.4, -0.2) is 90.7 Å². The number of ketones is 1. The summed E-state index contributed by atoms with van der Waals surface area (Å²) in [6.07, 6.45) is 0.109. The molecule has 0 saturated carbocycles. The molecule has 3 heterocycles. The highest BCUT2D eigenvalue weighted by molar-refractivity contribution is 5.98. The van der Waals surface area contributed by atoms with Gasteiger partial charge in [-0.05, 0) is 26.2 Å². The third-order valence-corrected chi connectivity index (χ3v) is 7.01. The van der Waals surface area contributed by atoms with Crippen molar-refractivity contribution in [2.45, 2.75) is 64.8 Å². The molecule has 3 atom stereocenters. The molecule has 2 saturated heterocycles. The molecule has 0 bridgehead atoms. The molecule has 0 unspecified atom stereocenters. The lowest BCUT2D eigenvalue weighted by Gasteiger charge is -2.25. The number of amides is 3. The standard InChI is InChI=1S/C24H34N6O7.C7H8/c1-15(2)10-18(21(32)24(3)14-36-24)27-20(31)12-26-22(33)17(4-5-25)28-23(34)19-11-16(37-29-19)13-30-6-8-35-9-7-30;1-7-5-3-2-4-6-7/h11,15,17-18H,4,6-10,12-14H2,1-3H3,(H,26,33)(H,27,31)(H,28,34);2-6H,1H3/t17-,18-,24+;/m0./s1. The quantitative estimate of drug-likeness (QED) is 0.282. The number of benzene rings is 1. The van der Waals surface area contributed by atoms with E-state index < -0.39 is 42.0 Å². The Balaban J connectivity index is 0.000000662. The topological polar surface area (TPSA) is 179 Å². The number of carbonyl (C=O) groups excluding carboxylic acids is 4. The minimum atomic E-state index is -1.21. The first-order chi connectivity index (χ1) is 21.0. The molecule has 13 nitrogen and oxygen atoms in total. The van der Waals surface area contributed by atoms with Gasteiger partial charge in [0, 0.05) is 19.2 Å². The summed E-state index contributed by atoms with van der Waals surface area (Å²) in [6.45, 7) is 10.7. The molecule has 0 radical (unpaired) electrons. The van der Waals surface area contributed by atoms with Crippen LogP contribution in [0.3, 0.4) is 0 Å². The number of nitriles is 1. The van der Waals surface area contributed by atoms with E-state index in [1.54, 1.807) is 6.92 Å². The molecule has 2 aromatic rings. The average molecular weight is 611 g/mol. The first kappa shape index (κ1) is 34.4. The second kappa shape index (κ2) is 16.7. The predicted octanol–water partition coefficient (Wildman–Crippen LogP) is 1.52. The van der Waals surface area contributed by atoms with Crippen molar-refractivity contribution in [1.29, 1.82) is 5.26 Å². The Morgan fingerprint density at radius 3 is 2.34 bits per heavy atom. The van der Waals surface area contributed by atoms with Gasteiger partial charge in [0.25, 0.3) is 5.91 Å². The molecular formula is C31H42N6O7. The number of nitrogens with one attached hydrogen (secondary N) is 3. The summed E-state index contributed by atoms with van der Waals surface area (Å²) in [5.41, 5.74) is 0.409. The van der Waals surface area contributed by atoms with Crippen LogP contribution in [0.1, 0.15) is 55.4 Å². The number of rotatable bonds is 13. The van der Waals surface area contributed by atoms with Gasteiger partial charge in [0.2, 0.25) is 11.8 Å². The smallest absolute Gasteiger partial charge is 0.274 e. The van der Waals surface area contributed by atoms with Gasteiger partial charge >= 0.3 is 0 Å². The molecular weight excluding hydrogens is 568 g/mol. The molecule has 238 valence electrons. The summed E-state index contributed by atoms with van der Waals surface area (Å²) < 4.78 is 15.7. The molecule has 2 fully saturated rings. The van der Waals surface area contributed by atoms with Gasteiger partial charge in [0.15, 0.2) is 17.2 Å². The second-order valence-electron chi connectivity index (χ2n) is 11.5. The number of Topliss-reactive ketones (excluding diaryl/α,β-unsaturated/α-hetero) is 1. The third-order valence-electron chi connectivity index (χ3n) is 7.01. The number of aryl methyl sites for hydroxylation is 1. The Bertz CT molecular complexity index is 1300. The van der Waals surface area contributed by atoms with Crippen LogP contribution in [0.5, 0.6) is 0 Å². The van der Waals surface area contributed by atoms with E-state index in [9.17, 15) is 19.2 Å². The van der Waals surface area contributed by atoms with Crippen LogP contribution in [0.2, 0.25) is 0 Å². The van der Waals surface area contributed by atoms with Crippen molar-refractivity contribution in [3.8, 4) is 6.07 Å². The molecule has 0 spiro atoms. The number of epoxide rings is 1. The summed E-state index contributed by atoms with van der Waals surface area (Å²) in [5.74, 6) is -1.55. The molecule has 2 aliphatic rings. The zero-order chi connectivity index (χ0) is 32.1. The van der Waals surface area contributed by atoms with Gasteiger partial charge in [-0.3, -0.25) is 24.1 Å². The first-order valence-corrected chi connectivity index (χ1v) is 14.7. The van der Waals surface area contributed by atoms with Crippen LogP contribution in [-0.2, 0) is 30.4 Å². The summed E-state index contributed by atoms with van der Waals surface area (Å²) in [5, 5.41) is 20.4. The Morgan fingerprint density at radius 1 is 1.09 bits per heavy atom. The Hall–Kier alpha value is -4.12. The van der Waals surface area contributed by atoms with Crippen molar-refractivity contribution in [3.63, 3.8) is 0 Å². The monoisotopic (exact) mass is 610 g/mol. The number of ether oxygens (including phenoxy) is 2. The second-order valence-corrected chi connectivity index (χ2v) is 11.5. The molecule has 4 rings (SSSR count). The van der Waals surface area contributed by atoms with E-state index >= 15 is 0 Å². The lowest BCUT2D eigenvalue weighted by molar-refractivity contribution is -0.131. The van der Waals surface area contributed by atoms with Gasteiger partial charge in [0.1, 0.15) is 11.6 Å². The van der Waals surface area contributed by atoms with Crippen LogP contribution in [0, 0.1) is 24.2 Å². The van der Waals surface area contributed by atoms with E-state index in [0.29, 0.717) is 38.5 Å². The summed E-state index contributed by atoms with van der Waals surface area (Å²) in [4.78, 5) is 52.5. The van der Waals surface area contributed by atoms with Gasteiger partial charge in [-0.1, -0.05) is 54.9 Å². The highest BCUT2D eigenvalue weighted by Crippen LogP contribution is 2.29. The van der Waals surface area contributed by atoms with Crippen molar-refractivity contribution in [2.75, 3.05) is 39.5 Å². The fourth-order valence-electron chi connectivity index (χ4n) is 4.40. The lowest BCUT2D eigenvalue weighted by Crippen LogP contribution is -2.52. The van der Waals surface area contributed by atoms with Crippen LogP contribution in [0.4, 0.5) is 0 Å². The summed E-state index contributed by atoms with van der Waals surface area (Å²) in [6, 6.07) is 11.6. The zero-order valence-corrected chi connectivity index (χ0v) is 25.8. The zero-order valence-electron chi connectivity index (χ0n) is 25.8. The fraction of sp³-hybridized carbons (Fsp3) is 0.548. The molecule has 1 aromatic heterocycles. The number of hydrogen-bond acceptors (Lipinski definition) is 10. The van der Waals surface area contributed by atoms with Crippen LogP contribution in [0.25, 0.3) is 0 Å². The van der Waals surface area contributed by atoms with Gasteiger partial charge in [-0.2, -0.15) is 5.26 Å². The number of morpholine rings is 1. The average Bonchev–Trinajstić information content (AvgIpc) is 3.58. The van der Waals surface area contributed by atoms with Gasteiger partial charge in [-0.15, -0.1) is 0 Å². The van der Waals surface area contributed by atoms with Crippen LogP contribution < -0.4 is 16.0 Å². The molecule has 44 heavy (non-hydrogen) atoms. The molecule has 13 heteroatoms. The fourth-order valence-corrected chi connectivity index (χ4v) is 4.40. The van der Waals surface area contributed by atoms with E-state index in [4.69, 9.17) is 19.3 Å². The largest absolute Gasteiger partial charge is 0.379 e. The summed E-state index contributed by atoms with van der Waals surface area (Å²) >= 11 is 0. The van der Waals surface area contributed by atoms with Crippen molar-refractivity contribution < 1.29 is 33.2 Å². The Labute approximate surface area is 257 Å². The molecule has 3 amide bonds. The van der Waals surface area contributed by atoms with Crippen LogP contribution in [0.15, 0.2) is 40.9 Å².